The first-order valence-corrected chi connectivity index (χ1v) is 5.74. The van der Waals surface area contributed by atoms with Gasteiger partial charge in [-0.05, 0) is 25.5 Å². The van der Waals surface area contributed by atoms with E-state index in [9.17, 15) is 8.78 Å². The lowest BCUT2D eigenvalue weighted by molar-refractivity contribution is -0.0505. The van der Waals surface area contributed by atoms with Crippen LogP contribution in [0.3, 0.4) is 0 Å². The molecule has 0 saturated heterocycles. The number of aryl methyl sites for hydroxylation is 1. The molecule has 0 heterocycles. The van der Waals surface area contributed by atoms with Crippen molar-refractivity contribution < 1.29 is 13.5 Å². The van der Waals surface area contributed by atoms with Crippen molar-refractivity contribution >= 4 is 0 Å². The van der Waals surface area contributed by atoms with Crippen LogP contribution in [0.5, 0.6) is 5.75 Å². The molecule has 1 aromatic carbocycles. The third-order valence-corrected chi connectivity index (χ3v) is 2.30. The largest absolute Gasteiger partial charge is 0.434 e. The zero-order chi connectivity index (χ0) is 12.8. The maximum Gasteiger partial charge on any atom is 0.387 e. The summed E-state index contributed by atoms with van der Waals surface area (Å²) in [6.07, 6.45) is 0. The first-order chi connectivity index (χ1) is 7.99. The van der Waals surface area contributed by atoms with Crippen LogP contribution in [0.2, 0.25) is 0 Å². The highest BCUT2D eigenvalue weighted by atomic mass is 19.3. The van der Waals surface area contributed by atoms with Crippen molar-refractivity contribution in [3.05, 3.63) is 29.3 Å². The van der Waals surface area contributed by atoms with Crippen molar-refractivity contribution in [2.24, 2.45) is 5.92 Å². The third kappa shape index (κ3) is 5.13. The monoisotopic (exact) mass is 243 g/mol. The van der Waals surface area contributed by atoms with Crippen LogP contribution >= 0.6 is 0 Å². The van der Waals surface area contributed by atoms with E-state index < -0.39 is 6.61 Å². The van der Waals surface area contributed by atoms with E-state index in [-0.39, 0.29) is 5.75 Å². The van der Waals surface area contributed by atoms with Gasteiger partial charge in [-0.2, -0.15) is 8.78 Å². The predicted molar refractivity (Wildman–Crippen MR) is 64.4 cm³/mol. The summed E-state index contributed by atoms with van der Waals surface area (Å²) in [6, 6.07) is 5.22. The fourth-order valence-electron chi connectivity index (χ4n) is 1.55. The molecule has 0 aliphatic carbocycles. The molecule has 0 aliphatic heterocycles. The van der Waals surface area contributed by atoms with Crippen LogP contribution in [0.15, 0.2) is 18.2 Å². The molecule has 0 unspecified atom stereocenters. The lowest BCUT2D eigenvalue weighted by Crippen LogP contribution is -2.19. The van der Waals surface area contributed by atoms with Crippen LogP contribution < -0.4 is 10.1 Å². The molecular weight excluding hydrogens is 224 g/mol. The standard InChI is InChI=1S/C13H19F2NO/c1-9(2)7-16-8-11-6-10(3)4-5-12(11)17-13(14)15/h4-6,9,13,16H,7-8H2,1-3H3. The van der Waals surface area contributed by atoms with Crippen LogP contribution in [0, 0.1) is 12.8 Å². The molecule has 0 atom stereocenters. The first kappa shape index (κ1) is 13.9. The molecule has 96 valence electrons. The molecule has 1 aromatic rings. The zero-order valence-corrected chi connectivity index (χ0v) is 10.5. The van der Waals surface area contributed by atoms with E-state index in [1.54, 1.807) is 12.1 Å². The number of hydrogen-bond donors (Lipinski definition) is 1. The number of halogens is 2. The lowest BCUT2D eigenvalue weighted by Gasteiger charge is -2.13. The highest BCUT2D eigenvalue weighted by Crippen LogP contribution is 2.21. The average molecular weight is 243 g/mol. The molecule has 0 amide bonds. The molecule has 0 bridgehead atoms. The van der Waals surface area contributed by atoms with Crippen molar-refractivity contribution in [3.63, 3.8) is 0 Å². The second-order valence-corrected chi connectivity index (χ2v) is 4.51. The van der Waals surface area contributed by atoms with E-state index in [1.807, 2.05) is 13.0 Å². The van der Waals surface area contributed by atoms with E-state index in [2.05, 4.69) is 23.9 Å². The molecule has 4 heteroatoms. The Labute approximate surface area is 101 Å². The first-order valence-electron chi connectivity index (χ1n) is 5.74. The maximum absolute atomic E-state index is 12.2. The van der Waals surface area contributed by atoms with Crippen molar-refractivity contribution in [1.82, 2.24) is 5.32 Å². The third-order valence-electron chi connectivity index (χ3n) is 2.30. The van der Waals surface area contributed by atoms with E-state index in [0.29, 0.717) is 12.5 Å². The minimum Gasteiger partial charge on any atom is -0.434 e. The minimum atomic E-state index is -2.78. The van der Waals surface area contributed by atoms with E-state index >= 15 is 0 Å². The van der Waals surface area contributed by atoms with Gasteiger partial charge in [0.1, 0.15) is 5.75 Å². The van der Waals surface area contributed by atoms with Gasteiger partial charge in [-0.25, -0.2) is 0 Å². The smallest absolute Gasteiger partial charge is 0.387 e. The fourth-order valence-corrected chi connectivity index (χ4v) is 1.55. The normalized spacial score (nSPS) is 11.2. The van der Waals surface area contributed by atoms with Crippen molar-refractivity contribution in [2.45, 2.75) is 33.9 Å². The summed E-state index contributed by atoms with van der Waals surface area (Å²) < 4.78 is 28.9. The van der Waals surface area contributed by atoms with Gasteiger partial charge in [0.2, 0.25) is 0 Å². The summed E-state index contributed by atoms with van der Waals surface area (Å²) in [7, 11) is 0. The summed E-state index contributed by atoms with van der Waals surface area (Å²) in [5.74, 6) is 0.779. The van der Waals surface area contributed by atoms with Crippen molar-refractivity contribution in [3.8, 4) is 5.75 Å². The summed E-state index contributed by atoms with van der Waals surface area (Å²) in [4.78, 5) is 0. The quantitative estimate of drug-likeness (QED) is 0.827. The predicted octanol–water partition coefficient (Wildman–Crippen LogP) is 3.34. The Morgan fingerprint density at radius 1 is 1.29 bits per heavy atom. The van der Waals surface area contributed by atoms with Gasteiger partial charge in [0.15, 0.2) is 0 Å². The Morgan fingerprint density at radius 2 is 2.00 bits per heavy atom. The van der Waals surface area contributed by atoms with Crippen LogP contribution in [-0.2, 0) is 6.54 Å². The van der Waals surface area contributed by atoms with Gasteiger partial charge in [0, 0.05) is 12.1 Å². The summed E-state index contributed by atoms with van der Waals surface area (Å²) in [5, 5.41) is 3.22. The highest BCUT2D eigenvalue weighted by Gasteiger charge is 2.09. The molecule has 0 radical (unpaired) electrons. The summed E-state index contributed by atoms with van der Waals surface area (Å²) >= 11 is 0. The number of hydrogen-bond acceptors (Lipinski definition) is 2. The Balaban J connectivity index is 2.69. The van der Waals surface area contributed by atoms with E-state index in [0.717, 1.165) is 17.7 Å². The van der Waals surface area contributed by atoms with E-state index in [4.69, 9.17) is 0 Å². The number of nitrogens with one attached hydrogen (secondary N) is 1. The van der Waals surface area contributed by atoms with Gasteiger partial charge >= 0.3 is 6.61 Å². The Bertz CT molecular complexity index is 353. The zero-order valence-electron chi connectivity index (χ0n) is 10.5. The van der Waals surface area contributed by atoms with Gasteiger partial charge in [0.25, 0.3) is 0 Å². The van der Waals surface area contributed by atoms with Gasteiger partial charge in [-0.15, -0.1) is 0 Å². The minimum absolute atomic E-state index is 0.252. The SMILES string of the molecule is Cc1ccc(OC(F)F)c(CNCC(C)C)c1. The summed E-state index contributed by atoms with van der Waals surface area (Å²) in [5.41, 5.74) is 1.80. The lowest BCUT2D eigenvalue weighted by atomic mass is 10.1. The fraction of sp³-hybridized carbons (Fsp3) is 0.538. The number of benzene rings is 1. The second kappa shape index (κ2) is 6.55. The van der Waals surface area contributed by atoms with Crippen molar-refractivity contribution in [2.75, 3.05) is 6.54 Å². The van der Waals surface area contributed by atoms with Crippen LogP contribution in [0.4, 0.5) is 8.78 Å². The van der Waals surface area contributed by atoms with Crippen molar-refractivity contribution in [1.29, 1.82) is 0 Å². The summed E-state index contributed by atoms with van der Waals surface area (Å²) in [6.45, 7) is 4.74. The second-order valence-electron chi connectivity index (χ2n) is 4.51. The van der Waals surface area contributed by atoms with E-state index in [1.165, 1.54) is 0 Å². The molecule has 17 heavy (non-hydrogen) atoms. The number of ether oxygens (including phenoxy) is 1. The van der Waals surface area contributed by atoms with Crippen LogP contribution in [0.25, 0.3) is 0 Å². The topological polar surface area (TPSA) is 21.3 Å². The highest BCUT2D eigenvalue weighted by molar-refractivity contribution is 5.36. The molecule has 0 aromatic heterocycles. The Morgan fingerprint density at radius 3 is 2.59 bits per heavy atom. The van der Waals surface area contributed by atoms with Gasteiger partial charge in [-0.3, -0.25) is 0 Å². The van der Waals surface area contributed by atoms with Gasteiger partial charge in [-0.1, -0.05) is 31.5 Å². The van der Waals surface area contributed by atoms with Crippen LogP contribution in [-0.4, -0.2) is 13.2 Å². The Kier molecular flexibility index (Phi) is 5.35. The number of rotatable bonds is 6. The molecule has 0 spiro atoms. The van der Waals surface area contributed by atoms with Crippen LogP contribution in [0.1, 0.15) is 25.0 Å². The maximum atomic E-state index is 12.2. The Hall–Kier alpha value is -1.16. The molecule has 1 N–H and O–H groups in total. The molecular formula is C13H19F2NO. The number of alkyl halides is 2. The van der Waals surface area contributed by atoms with Gasteiger partial charge in [0.05, 0.1) is 0 Å². The average Bonchev–Trinajstić information content (AvgIpc) is 2.21. The van der Waals surface area contributed by atoms with Gasteiger partial charge < -0.3 is 10.1 Å². The molecule has 0 saturated carbocycles. The molecule has 0 fully saturated rings. The molecule has 1 rings (SSSR count). The molecule has 0 aliphatic rings. The molecule has 2 nitrogen and oxygen atoms in total.